The first-order valence-corrected chi connectivity index (χ1v) is 7.66. The molecule has 134 valence electrons. The largest absolute Gasteiger partial charge is 0.480 e. The summed E-state index contributed by atoms with van der Waals surface area (Å²) in [5.74, 6) is -3.70. The Labute approximate surface area is 144 Å². The number of aliphatic carboxylic acids is 1. The number of benzene rings is 1. The third-order valence-electron chi connectivity index (χ3n) is 3.62. The van der Waals surface area contributed by atoms with Crippen LogP contribution in [0.4, 0.5) is 4.39 Å². The van der Waals surface area contributed by atoms with Crippen LogP contribution in [0.1, 0.15) is 25.8 Å². The van der Waals surface area contributed by atoms with Gasteiger partial charge < -0.3 is 15.7 Å². The summed E-state index contributed by atoms with van der Waals surface area (Å²) in [6.45, 7) is 2.72. The van der Waals surface area contributed by atoms with Gasteiger partial charge in [-0.05, 0) is 11.6 Å². The molecule has 0 spiro atoms. The summed E-state index contributed by atoms with van der Waals surface area (Å²) in [6.07, 6.45) is -0.188. The average Bonchev–Trinajstić information content (AvgIpc) is 2.53. The van der Waals surface area contributed by atoms with Gasteiger partial charge in [0.05, 0.1) is 6.07 Å². The summed E-state index contributed by atoms with van der Waals surface area (Å²) in [7, 11) is 0. The number of hydrogen-bond acceptors (Lipinski definition) is 4. The van der Waals surface area contributed by atoms with Crippen LogP contribution in [0.2, 0.25) is 0 Å². The van der Waals surface area contributed by atoms with Gasteiger partial charge in [-0.25, -0.2) is 9.18 Å². The molecule has 1 aromatic rings. The van der Waals surface area contributed by atoms with E-state index in [2.05, 4.69) is 10.6 Å². The van der Waals surface area contributed by atoms with Gasteiger partial charge in [0.2, 0.25) is 11.8 Å². The molecule has 0 aromatic heterocycles. The molecule has 3 atom stereocenters. The maximum Gasteiger partial charge on any atom is 0.326 e. The van der Waals surface area contributed by atoms with Gasteiger partial charge in [-0.1, -0.05) is 25.1 Å². The first-order chi connectivity index (χ1) is 11.8. The van der Waals surface area contributed by atoms with Gasteiger partial charge in [-0.2, -0.15) is 5.26 Å². The minimum atomic E-state index is -1.29. The molecule has 0 radical (unpaired) electrons. The number of hydrogen-bond donors (Lipinski definition) is 3. The van der Waals surface area contributed by atoms with Crippen molar-refractivity contribution >= 4 is 17.8 Å². The van der Waals surface area contributed by atoms with Gasteiger partial charge in [-0.3, -0.25) is 9.59 Å². The molecule has 0 aliphatic heterocycles. The summed E-state index contributed by atoms with van der Waals surface area (Å²) in [5, 5.41) is 22.7. The second kappa shape index (κ2) is 9.37. The Morgan fingerprint density at radius 3 is 2.44 bits per heavy atom. The van der Waals surface area contributed by atoms with Gasteiger partial charge in [0.15, 0.2) is 0 Å². The summed E-state index contributed by atoms with van der Waals surface area (Å²) >= 11 is 0. The Morgan fingerprint density at radius 2 is 1.92 bits per heavy atom. The Balaban J connectivity index is 2.96. The molecule has 0 aliphatic carbocycles. The fraction of sp³-hybridized carbons (Fsp3) is 0.412. The molecule has 0 fully saturated rings. The fourth-order valence-electron chi connectivity index (χ4n) is 2.30. The molecule has 7 nitrogen and oxygen atoms in total. The van der Waals surface area contributed by atoms with E-state index >= 15 is 0 Å². The molecule has 0 aliphatic rings. The highest BCUT2D eigenvalue weighted by atomic mass is 19.1. The van der Waals surface area contributed by atoms with Gasteiger partial charge in [0.1, 0.15) is 17.9 Å². The molecule has 0 saturated carbocycles. The lowest BCUT2D eigenvalue weighted by molar-refractivity contribution is -0.143. The molecular weight excluding hydrogens is 329 g/mol. The summed E-state index contributed by atoms with van der Waals surface area (Å²) in [5.41, 5.74) is 0.216. The molecule has 1 aromatic carbocycles. The van der Waals surface area contributed by atoms with Crippen LogP contribution in [0.5, 0.6) is 0 Å². The predicted octanol–water partition coefficient (Wildman–Crippen LogP) is 0.992. The van der Waals surface area contributed by atoms with Crippen molar-refractivity contribution in [1.29, 1.82) is 5.26 Å². The fourth-order valence-corrected chi connectivity index (χ4v) is 2.30. The first-order valence-electron chi connectivity index (χ1n) is 7.66. The summed E-state index contributed by atoms with van der Waals surface area (Å²) in [4.78, 5) is 35.1. The van der Waals surface area contributed by atoms with Crippen LogP contribution in [0.15, 0.2) is 24.3 Å². The quantitative estimate of drug-likeness (QED) is 0.647. The van der Waals surface area contributed by atoms with E-state index in [0.717, 1.165) is 0 Å². The normalized spacial score (nSPS) is 13.8. The molecule has 3 N–H and O–H groups in total. The number of nitriles is 1. The lowest BCUT2D eigenvalue weighted by atomic mass is 9.97. The zero-order valence-corrected chi connectivity index (χ0v) is 14.0. The number of nitrogens with zero attached hydrogens (tertiary/aromatic N) is 1. The van der Waals surface area contributed by atoms with Crippen LogP contribution in [0.3, 0.4) is 0 Å². The first kappa shape index (κ1) is 20.1. The van der Waals surface area contributed by atoms with Crippen LogP contribution in [-0.4, -0.2) is 35.0 Å². The molecule has 1 rings (SSSR count). The van der Waals surface area contributed by atoms with E-state index < -0.39 is 41.6 Å². The summed E-state index contributed by atoms with van der Waals surface area (Å²) in [6, 6.07) is 5.22. The maximum absolute atomic E-state index is 13.8. The van der Waals surface area contributed by atoms with Crippen molar-refractivity contribution in [2.75, 3.05) is 0 Å². The lowest BCUT2D eigenvalue weighted by Gasteiger charge is -2.23. The lowest BCUT2D eigenvalue weighted by Crippen LogP contribution is -2.54. The number of rotatable bonds is 8. The third-order valence-corrected chi connectivity index (χ3v) is 3.62. The summed E-state index contributed by atoms with van der Waals surface area (Å²) < 4.78 is 13.8. The number of amides is 2. The zero-order valence-electron chi connectivity index (χ0n) is 14.0. The van der Waals surface area contributed by atoms with Crippen LogP contribution in [0, 0.1) is 23.1 Å². The van der Waals surface area contributed by atoms with Crippen LogP contribution in [-0.2, 0) is 20.8 Å². The second-order valence-corrected chi connectivity index (χ2v) is 5.71. The van der Waals surface area contributed by atoms with E-state index in [9.17, 15) is 23.9 Å². The highest BCUT2D eigenvalue weighted by Gasteiger charge is 2.30. The second-order valence-electron chi connectivity index (χ2n) is 5.71. The maximum atomic E-state index is 13.8. The van der Waals surface area contributed by atoms with Crippen molar-refractivity contribution in [1.82, 2.24) is 10.6 Å². The van der Waals surface area contributed by atoms with Crippen LogP contribution < -0.4 is 10.6 Å². The standard InChI is InChI=1S/C17H20FN3O4/c1-10(7-8-19)15(17(24)25)21-16(23)14(20-11(2)22)9-12-5-3-4-6-13(12)18/h3-6,10,14-15H,7,9H2,1-2H3,(H,20,22)(H,21,23)(H,24,25)/t10-,14-,15+/m1/s1. The highest BCUT2D eigenvalue weighted by Crippen LogP contribution is 2.12. The molecule has 25 heavy (non-hydrogen) atoms. The molecular formula is C17H20FN3O4. The number of nitrogens with one attached hydrogen (secondary N) is 2. The van der Waals surface area contributed by atoms with E-state index in [1.807, 2.05) is 6.07 Å². The molecule has 8 heteroatoms. The Morgan fingerprint density at radius 1 is 1.28 bits per heavy atom. The Bertz CT molecular complexity index is 687. The van der Waals surface area contributed by atoms with Crippen molar-refractivity contribution < 1.29 is 23.9 Å². The van der Waals surface area contributed by atoms with E-state index in [1.54, 1.807) is 6.07 Å². The van der Waals surface area contributed by atoms with E-state index in [1.165, 1.54) is 32.0 Å². The Hall–Kier alpha value is -2.95. The number of halogens is 1. The zero-order chi connectivity index (χ0) is 19.0. The number of carboxylic acid groups (broad SMARTS) is 1. The number of carboxylic acids is 1. The average molecular weight is 349 g/mol. The van der Waals surface area contributed by atoms with E-state index in [-0.39, 0.29) is 18.4 Å². The minimum Gasteiger partial charge on any atom is -0.480 e. The smallest absolute Gasteiger partial charge is 0.326 e. The predicted molar refractivity (Wildman–Crippen MR) is 86.7 cm³/mol. The SMILES string of the molecule is CC(=O)N[C@H](Cc1ccccc1F)C(=O)N[C@H](C(=O)O)[C@H](C)CC#N. The van der Waals surface area contributed by atoms with Crippen molar-refractivity contribution in [2.24, 2.45) is 5.92 Å². The van der Waals surface area contributed by atoms with Crippen molar-refractivity contribution in [3.05, 3.63) is 35.6 Å². The Kier molecular flexibility index (Phi) is 7.53. The van der Waals surface area contributed by atoms with Crippen molar-refractivity contribution in [3.63, 3.8) is 0 Å². The monoisotopic (exact) mass is 349 g/mol. The molecule has 0 unspecified atom stereocenters. The number of carbonyl (C=O) groups is 3. The van der Waals surface area contributed by atoms with E-state index in [0.29, 0.717) is 0 Å². The van der Waals surface area contributed by atoms with Crippen molar-refractivity contribution in [3.8, 4) is 6.07 Å². The van der Waals surface area contributed by atoms with Gasteiger partial charge >= 0.3 is 5.97 Å². The van der Waals surface area contributed by atoms with Gasteiger partial charge in [-0.15, -0.1) is 0 Å². The van der Waals surface area contributed by atoms with Crippen molar-refractivity contribution in [2.45, 2.75) is 38.8 Å². The minimum absolute atomic E-state index is 0.0602. The topological polar surface area (TPSA) is 119 Å². The molecule has 2 amide bonds. The highest BCUT2D eigenvalue weighted by molar-refractivity contribution is 5.90. The van der Waals surface area contributed by atoms with Crippen LogP contribution >= 0.6 is 0 Å². The van der Waals surface area contributed by atoms with Gasteiger partial charge in [0.25, 0.3) is 0 Å². The van der Waals surface area contributed by atoms with Crippen LogP contribution in [0.25, 0.3) is 0 Å². The molecule has 0 heterocycles. The van der Waals surface area contributed by atoms with E-state index in [4.69, 9.17) is 5.26 Å². The molecule has 0 saturated heterocycles. The molecule has 0 bridgehead atoms. The van der Waals surface area contributed by atoms with Gasteiger partial charge in [0, 0.05) is 25.7 Å². The third kappa shape index (κ3) is 6.22. The number of carbonyl (C=O) groups excluding carboxylic acids is 2.